The molecule has 2 aliphatic rings. The average molecular weight is 487 g/mol. The zero-order chi connectivity index (χ0) is 22.9. The van der Waals surface area contributed by atoms with Gasteiger partial charge < -0.3 is 20.3 Å². The molecule has 0 saturated carbocycles. The number of hydrogen-bond donors (Lipinski definition) is 3. The number of hydrogen-bond acceptors (Lipinski definition) is 7. The lowest BCUT2D eigenvalue weighted by molar-refractivity contribution is -0.150. The minimum Gasteiger partial charge on any atom is -0.508 e. The second-order valence-electron chi connectivity index (χ2n) is 6.58. The summed E-state index contributed by atoms with van der Waals surface area (Å²) in [5.41, 5.74) is 0.255. The van der Waals surface area contributed by atoms with Crippen LogP contribution in [0.4, 0.5) is 0 Å². The van der Waals surface area contributed by atoms with Crippen molar-refractivity contribution in [1.82, 2.24) is 10.2 Å². The van der Waals surface area contributed by atoms with Crippen LogP contribution in [0, 0.1) is 0 Å². The number of fused-ring (bicyclic) bond motifs is 1. The number of phenolic OH excluding ortho intramolecular Hbond substituents is 1. The summed E-state index contributed by atoms with van der Waals surface area (Å²) < 4.78 is 4.54. The summed E-state index contributed by atoms with van der Waals surface area (Å²) in [5, 5.41) is 20.9. The molecule has 3 rings (SSSR count). The number of thioether (sulfide) groups is 1. The molecular weight excluding hydrogens is 471 g/mol. The lowest BCUT2D eigenvalue weighted by Crippen LogP contribution is -2.70. The molecule has 1 saturated heterocycles. The van der Waals surface area contributed by atoms with E-state index in [1.807, 2.05) is 0 Å². The van der Waals surface area contributed by atoms with Gasteiger partial charge in [0.05, 0.1) is 5.57 Å². The molecule has 2 amide bonds. The van der Waals surface area contributed by atoms with Gasteiger partial charge in [-0.05, 0) is 17.7 Å². The van der Waals surface area contributed by atoms with E-state index in [1.165, 1.54) is 43.0 Å². The molecule has 0 aliphatic carbocycles. The highest BCUT2D eigenvalue weighted by Gasteiger charge is 2.54. The number of carbonyl (C=O) groups is 4. The number of halogens is 2. The second kappa shape index (κ2) is 9.21. The predicted octanol–water partition coefficient (Wildman–Crippen LogP) is 1.84. The molecule has 12 heteroatoms. The van der Waals surface area contributed by atoms with Gasteiger partial charge in [0.2, 0.25) is 0 Å². The van der Waals surface area contributed by atoms with E-state index in [-0.39, 0.29) is 39.4 Å². The first-order valence-corrected chi connectivity index (χ1v) is 10.6. The van der Waals surface area contributed by atoms with Gasteiger partial charge in [0.1, 0.15) is 34.0 Å². The fourth-order valence-corrected chi connectivity index (χ4v) is 4.87. The predicted molar refractivity (Wildman–Crippen MR) is 113 cm³/mol. The number of phenols is 1. The van der Waals surface area contributed by atoms with Crippen molar-refractivity contribution in [1.29, 1.82) is 0 Å². The fraction of sp³-hybridized carbons (Fsp3) is 0.263. The van der Waals surface area contributed by atoms with Crippen LogP contribution in [-0.4, -0.2) is 62.6 Å². The number of nitrogens with one attached hydrogen (secondary N) is 1. The highest BCUT2D eigenvalue weighted by Crippen LogP contribution is 2.40. The first-order valence-electron chi connectivity index (χ1n) is 8.80. The second-order valence-corrected chi connectivity index (χ2v) is 8.64. The lowest BCUT2D eigenvalue weighted by atomic mass is 10.0. The van der Waals surface area contributed by atoms with Crippen LogP contribution >= 0.6 is 35.0 Å². The van der Waals surface area contributed by atoms with Gasteiger partial charge in [0, 0.05) is 18.2 Å². The lowest BCUT2D eigenvalue weighted by Gasteiger charge is -2.49. The highest BCUT2D eigenvalue weighted by atomic mass is 35.5. The number of benzene rings is 1. The summed E-state index contributed by atoms with van der Waals surface area (Å²) in [6, 6.07) is 4.57. The monoisotopic (exact) mass is 486 g/mol. The van der Waals surface area contributed by atoms with Crippen LogP contribution in [0.1, 0.15) is 12.5 Å². The van der Waals surface area contributed by atoms with E-state index in [0.29, 0.717) is 5.56 Å². The van der Waals surface area contributed by atoms with Crippen LogP contribution in [0.2, 0.25) is 0 Å². The molecule has 1 aromatic carbocycles. The maximum absolute atomic E-state index is 12.8. The molecule has 1 fully saturated rings. The smallest absolute Gasteiger partial charge is 0.352 e. The maximum atomic E-state index is 12.8. The Morgan fingerprint density at radius 3 is 2.45 bits per heavy atom. The number of nitrogens with zero attached hydrogens (tertiary/aromatic N) is 1. The van der Waals surface area contributed by atoms with Crippen LogP contribution < -0.4 is 5.32 Å². The van der Waals surface area contributed by atoms with Crippen molar-refractivity contribution in [2.75, 3.05) is 12.4 Å². The van der Waals surface area contributed by atoms with E-state index in [9.17, 15) is 29.4 Å². The number of carboxylic acid groups (broad SMARTS) is 1. The van der Waals surface area contributed by atoms with Gasteiger partial charge in [-0.2, -0.15) is 0 Å². The van der Waals surface area contributed by atoms with Crippen LogP contribution in [-0.2, 0) is 23.9 Å². The van der Waals surface area contributed by atoms with E-state index < -0.39 is 35.2 Å². The zero-order valence-corrected chi connectivity index (χ0v) is 18.3. The molecular formula is C19H16Cl2N2O7S. The van der Waals surface area contributed by atoms with Gasteiger partial charge in [0.25, 0.3) is 11.8 Å². The molecule has 31 heavy (non-hydrogen) atoms. The van der Waals surface area contributed by atoms with Crippen molar-refractivity contribution in [3.05, 3.63) is 45.6 Å². The number of carboxylic acids is 1. The molecule has 0 radical (unpaired) electrons. The molecule has 2 aliphatic heterocycles. The molecule has 2 heterocycles. The fourth-order valence-electron chi connectivity index (χ4n) is 3.15. The number of aromatic hydroxyl groups is 1. The standard InChI is InChI=1S/C19H16Cl2N2O7S/c1-8(24)30-6-10-7-31-18-13(17(27)23(18)14(10)19(28)29)22-16(26)12(15(20)21)9-2-4-11(25)5-3-9/h2-5,13,18,25H,6-7H2,1H3,(H,22,26)(H,28,29)/t13?,18-/m1/s1. The Hall–Kier alpha value is -2.69. The summed E-state index contributed by atoms with van der Waals surface area (Å²) in [6.07, 6.45) is 0. The number of ether oxygens (including phenoxy) is 1. The topological polar surface area (TPSA) is 133 Å². The van der Waals surface area contributed by atoms with Crippen molar-refractivity contribution in [2.45, 2.75) is 18.3 Å². The van der Waals surface area contributed by atoms with Crippen LogP contribution in [0.3, 0.4) is 0 Å². The van der Waals surface area contributed by atoms with E-state index in [0.717, 1.165) is 4.90 Å². The number of carbonyl (C=O) groups excluding carboxylic acids is 3. The largest absolute Gasteiger partial charge is 0.508 e. The summed E-state index contributed by atoms with van der Waals surface area (Å²) in [7, 11) is 0. The molecule has 2 atom stereocenters. The van der Waals surface area contributed by atoms with Gasteiger partial charge in [-0.25, -0.2) is 4.79 Å². The summed E-state index contributed by atoms with van der Waals surface area (Å²) in [4.78, 5) is 49.3. The van der Waals surface area contributed by atoms with Gasteiger partial charge >= 0.3 is 11.9 Å². The number of β-lactam (4-membered cyclic amide) rings is 1. The van der Waals surface area contributed by atoms with Crippen molar-refractivity contribution in [2.24, 2.45) is 0 Å². The van der Waals surface area contributed by atoms with Crippen LogP contribution in [0.25, 0.3) is 5.57 Å². The zero-order valence-electron chi connectivity index (χ0n) is 15.9. The Bertz CT molecular complexity index is 1020. The minimum atomic E-state index is -1.33. The van der Waals surface area contributed by atoms with Gasteiger partial charge in [0.15, 0.2) is 0 Å². The molecule has 3 N–H and O–H groups in total. The van der Waals surface area contributed by atoms with Crippen LogP contribution in [0.15, 0.2) is 40.0 Å². The normalized spacial score (nSPS) is 19.8. The van der Waals surface area contributed by atoms with E-state index in [4.69, 9.17) is 27.9 Å². The molecule has 0 aromatic heterocycles. The van der Waals surface area contributed by atoms with Crippen LogP contribution in [0.5, 0.6) is 5.75 Å². The van der Waals surface area contributed by atoms with Gasteiger partial charge in [-0.15, -0.1) is 11.8 Å². The molecule has 1 aromatic rings. The van der Waals surface area contributed by atoms with E-state index in [2.05, 4.69) is 5.32 Å². The number of rotatable bonds is 6. The molecule has 0 bridgehead atoms. The molecule has 0 spiro atoms. The number of aliphatic carboxylic acids is 1. The third-order valence-corrected chi connectivity index (χ3v) is 6.28. The van der Waals surface area contributed by atoms with E-state index in [1.54, 1.807) is 0 Å². The molecule has 1 unspecified atom stereocenters. The quantitative estimate of drug-likeness (QED) is 0.315. The Labute approximate surface area is 190 Å². The summed E-state index contributed by atoms with van der Waals surface area (Å²) in [6.45, 7) is 0.953. The number of amides is 2. The van der Waals surface area contributed by atoms with E-state index >= 15 is 0 Å². The Kier molecular flexibility index (Phi) is 6.83. The van der Waals surface area contributed by atoms with Crippen molar-refractivity contribution in [3.8, 4) is 5.75 Å². The molecule has 164 valence electrons. The van der Waals surface area contributed by atoms with Gasteiger partial charge in [-0.3, -0.25) is 19.3 Å². The van der Waals surface area contributed by atoms with Crippen molar-refractivity contribution in [3.63, 3.8) is 0 Å². The summed E-state index contributed by atoms with van der Waals surface area (Å²) in [5.74, 6) is -3.08. The third-order valence-electron chi connectivity index (χ3n) is 4.56. The number of esters is 1. The molecule has 9 nitrogen and oxygen atoms in total. The average Bonchev–Trinajstić information content (AvgIpc) is 2.70. The maximum Gasteiger partial charge on any atom is 0.352 e. The highest BCUT2D eigenvalue weighted by molar-refractivity contribution is 8.00. The Balaban J connectivity index is 1.80. The van der Waals surface area contributed by atoms with Crippen molar-refractivity contribution < 1.29 is 34.1 Å². The minimum absolute atomic E-state index is 0.0184. The third kappa shape index (κ3) is 4.65. The Morgan fingerprint density at radius 2 is 1.90 bits per heavy atom. The van der Waals surface area contributed by atoms with Crippen molar-refractivity contribution >= 4 is 64.3 Å². The summed E-state index contributed by atoms with van der Waals surface area (Å²) >= 11 is 13.0. The Morgan fingerprint density at radius 1 is 1.26 bits per heavy atom. The van der Waals surface area contributed by atoms with Gasteiger partial charge in [-0.1, -0.05) is 35.3 Å². The first kappa shape index (κ1) is 23.0. The first-order chi connectivity index (χ1) is 14.6. The SMILES string of the molecule is CC(=O)OCC1=C(C(=O)O)N2C(=O)C(NC(=O)C(=C(Cl)Cl)c3ccc(O)cc3)[C@H]2SC1.